The number of aryl methyl sites for hydroxylation is 1. The Bertz CT molecular complexity index is 902. The van der Waals surface area contributed by atoms with Gasteiger partial charge in [0, 0.05) is 0 Å². The fourth-order valence-electron chi connectivity index (χ4n) is 2.08. The van der Waals surface area contributed by atoms with Gasteiger partial charge in [-0.05, 0) is 36.8 Å². The van der Waals surface area contributed by atoms with Gasteiger partial charge < -0.3 is 4.98 Å². The van der Waals surface area contributed by atoms with Crippen molar-refractivity contribution in [2.45, 2.75) is 18.4 Å². The van der Waals surface area contributed by atoms with Crippen molar-refractivity contribution in [3.8, 4) is 0 Å². The second-order valence-corrected chi connectivity index (χ2v) is 6.70. The quantitative estimate of drug-likeness (QED) is 0.776. The predicted octanol–water partition coefficient (Wildman–Crippen LogP) is 2.49. The van der Waals surface area contributed by atoms with Gasteiger partial charge in [-0.1, -0.05) is 18.2 Å². The molecule has 22 heavy (non-hydrogen) atoms. The Morgan fingerprint density at radius 2 is 2.00 bits per heavy atom. The van der Waals surface area contributed by atoms with Crippen LogP contribution in [0.5, 0.6) is 0 Å². The number of benzene rings is 2. The zero-order chi connectivity index (χ0) is 15.7. The van der Waals surface area contributed by atoms with Crippen LogP contribution >= 0.6 is 0 Å². The minimum atomic E-state index is -3.79. The van der Waals surface area contributed by atoms with Crippen molar-refractivity contribution in [2.24, 2.45) is 0 Å². The van der Waals surface area contributed by atoms with Crippen LogP contribution in [-0.2, 0) is 16.6 Å². The van der Waals surface area contributed by atoms with E-state index in [1.54, 1.807) is 6.92 Å². The summed E-state index contributed by atoms with van der Waals surface area (Å²) in [7, 11) is -3.79. The van der Waals surface area contributed by atoms with Crippen LogP contribution in [0.1, 0.15) is 11.4 Å². The topological polar surface area (TPSA) is 74.8 Å². The largest absolute Gasteiger partial charge is 0.341 e. The molecular weight excluding hydrogens is 305 g/mol. The number of imidazole rings is 1. The van der Waals surface area contributed by atoms with Crippen LogP contribution in [0.2, 0.25) is 0 Å². The summed E-state index contributed by atoms with van der Waals surface area (Å²) in [5.41, 5.74) is 1.99. The molecule has 0 amide bonds. The van der Waals surface area contributed by atoms with Gasteiger partial charge in [0.2, 0.25) is 10.0 Å². The Labute approximate surface area is 127 Å². The molecule has 5 nitrogen and oxygen atoms in total. The molecule has 1 heterocycles. The number of nitrogens with zero attached hydrogens (tertiary/aromatic N) is 1. The number of rotatable bonds is 4. The number of para-hydroxylation sites is 2. The van der Waals surface area contributed by atoms with E-state index in [0.29, 0.717) is 11.4 Å². The lowest BCUT2D eigenvalue weighted by Crippen LogP contribution is -2.24. The summed E-state index contributed by atoms with van der Waals surface area (Å²) in [4.78, 5) is 7.21. The third-order valence-corrected chi connectivity index (χ3v) is 4.72. The monoisotopic (exact) mass is 319 g/mol. The number of aromatic amines is 1. The van der Waals surface area contributed by atoms with Gasteiger partial charge >= 0.3 is 0 Å². The smallest absolute Gasteiger partial charge is 0.241 e. The molecule has 0 aliphatic heterocycles. The summed E-state index contributed by atoms with van der Waals surface area (Å²) in [6.07, 6.45) is 0. The molecular formula is C15H14FN3O2S. The van der Waals surface area contributed by atoms with Gasteiger partial charge in [-0.25, -0.2) is 22.5 Å². The van der Waals surface area contributed by atoms with Crippen LogP contribution in [-0.4, -0.2) is 18.4 Å². The SMILES string of the molecule is Cc1ccc(S(=O)(=O)NCc2nc3ccccc3[nH]2)cc1F. The van der Waals surface area contributed by atoms with E-state index in [1.165, 1.54) is 12.1 Å². The zero-order valence-corrected chi connectivity index (χ0v) is 12.6. The van der Waals surface area contributed by atoms with Gasteiger partial charge in [-0.2, -0.15) is 0 Å². The van der Waals surface area contributed by atoms with Crippen LogP contribution < -0.4 is 4.72 Å². The number of nitrogens with one attached hydrogen (secondary N) is 2. The maximum absolute atomic E-state index is 13.5. The van der Waals surface area contributed by atoms with E-state index >= 15 is 0 Å². The minimum Gasteiger partial charge on any atom is -0.341 e. The molecule has 0 saturated carbocycles. The van der Waals surface area contributed by atoms with Crippen molar-refractivity contribution in [3.63, 3.8) is 0 Å². The molecule has 0 aliphatic carbocycles. The Kier molecular flexibility index (Phi) is 3.67. The number of hydrogen-bond acceptors (Lipinski definition) is 3. The molecule has 0 unspecified atom stereocenters. The minimum absolute atomic E-state index is 0.00646. The van der Waals surface area contributed by atoms with Gasteiger partial charge in [0.25, 0.3) is 0 Å². The van der Waals surface area contributed by atoms with Crippen molar-refractivity contribution in [1.29, 1.82) is 0 Å². The fraction of sp³-hybridized carbons (Fsp3) is 0.133. The summed E-state index contributed by atoms with van der Waals surface area (Å²) in [6.45, 7) is 1.58. The molecule has 0 atom stereocenters. The average molecular weight is 319 g/mol. The maximum Gasteiger partial charge on any atom is 0.241 e. The summed E-state index contributed by atoms with van der Waals surface area (Å²) in [5, 5.41) is 0. The average Bonchev–Trinajstić information content (AvgIpc) is 2.91. The third-order valence-electron chi connectivity index (χ3n) is 3.32. The van der Waals surface area contributed by atoms with E-state index in [4.69, 9.17) is 0 Å². The highest BCUT2D eigenvalue weighted by atomic mass is 32.2. The molecule has 7 heteroatoms. The Morgan fingerprint density at radius 3 is 2.73 bits per heavy atom. The lowest BCUT2D eigenvalue weighted by atomic mass is 10.2. The van der Waals surface area contributed by atoms with E-state index in [9.17, 15) is 12.8 Å². The molecule has 0 aliphatic rings. The fourth-order valence-corrected chi connectivity index (χ4v) is 3.08. The van der Waals surface area contributed by atoms with Gasteiger partial charge in [-0.3, -0.25) is 0 Å². The molecule has 0 spiro atoms. The van der Waals surface area contributed by atoms with Gasteiger partial charge in [0.05, 0.1) is 22.5 Å². The molecule has 3 rings (SSSR count). The van der Waals surface area contributed by atoms with Crippen molar-refractivity contribution in [1.82, 2.24) is 14.7 Å². The third kappa shape index (κ3) is 2.86. The first-order valence-electron chi connectivity index (χ1n) is 6.65. The lowest BCUT2D eigenvalue weighted by Gasteiger charge is -2.06. The van der Waals surface area contributed by atoms with Crippen molar-refractivity contribution < 1.29 is 12.8 Å². The molecule has 2 N–H and O–H groups in total. The Morgan fingerprint density at radius 1 is 1.23 bits per heavy atom. The maximum atomic E-state index is 13.5. The first kappa shape index (κ1) is 14.7. The number of H-pyrrole nitrogens is 1. The van der Waals surface area contributed by atoms with Gasteiger partial charge in [-0.15, -0.1) is 0 Å². The summed E-state index contributed by atoms with van der Waals surface area (Å²) < 4.78 is 40.2. The van der Waals surface area contributed by atoms with Crippen molar-refractivity contribution in [3.05, 3.63) is 59.7 Å². The van der Waals surface area contributed by atoms with Crippen LogP contribution in [0.25, 0.3) is 11.0 Å². The van der Waals surface area contributed by atoms with Gasteiger partial charge in [0.15, 0.2) is 0 Å². The van der Waals surface area contributed by atoms with Crippen LogP contribution in [0.3, 0.4) is 0 Å². The van der Waals surface area contributed by atoms with Gasteiger partial charge in [0.1, 0.15) is 11.6 Å². The summed E-state index contributed by atoms with van der Waals surface area (Å²) >= 11 is 0. The second kappa shape index (κ2) is 5.51. The normalized spacial score (nSPS) is 11.9. The molecule has 1 aromatic heterocycles. The van der Waals surface area contributed by atoms with Crippen molar-refractivity contribution in [2.75, 3.05) is 0 Å². The highest BCUT2D eigenvalue weighted by molar-refractivity contribution is 7.89. The van der Waals surface area contributed by atoms with E-state index in [1.807, 2.05) is 24.3 Å². The predicted molar refractivity (Wildman–Crippen MR) is 81.3 cm³/mol. The number of hydrogen-bond donors (Lipinski definition) is 2. The summed E-state index contributed by atoms with van der Waals surface area (Å²) in [6, 6.07) is 11.2. The molecule has 0 saturated heterocycles. The molecule has 3 aromatic rings. The highest BCUT2D eigenvalue weighted by Crippen LogP contribution is 2.15. The van der Waals surface area contributed by atoms with E-state index in [2.05, 4.69) is 14.7 Å². The second-order valence-electron chi connectivity index (χ2n) is 4.94. The number of halogens is 1. The van der Waals surface area contributed by atoms with Crippen LogP contribution in [0.4, 0.5) is 4.39 Å². The standard InChI is InChI=1S/C15H14FN3O2S/c1-10-6-7-11(8-12(10)16)22(20,21)17-9-15-18-13-4-2-3-5-14(13)19-15/h2-8,17H,9H2,1H3,(H,18,19). The number of sulfonamides is 1. The molecule has 0 radical (unpaired) electrons. The Balaban J connectivity index is 1.80. The Hall–Kier alpha value is -2.25. The molecule has 2 aromatic carbocycles. The number of fused-ring (bicyclic) bond motifs is 1. The number of aromatic nitrogens is 2. The van der Waals surface area contributed by atoms with Crippen LogP contribution in [0, 0.1) is 12.7 Å². The first-order valence-corrected chi connectivity index (χ1v) is 8.13. The van der Waals surface area contributed by atoms with E-state index < -0.39 is 15.8 Å². The summed E-state index contributed by atoms with van der Waals surface area (Å²) in [5.74, 6) is -0.0519. The highest BCUT2D eigenvalue weighted by Gasteiger charge is 2.16. The van der Waals surface area contributed by atoms with Crippen molar-refractivity contribution >= 4 is 21.1 Å². The molecule has 0 bridgehead atoms. The van der Waals surface area contributed by atoms with E-state index in [-0.39, 0.29) is 11.4 Å². The molecule has 0 fully saturated rings. The lowest BCUT2D eigenvalue weighted by molar-refractivity contribution is 0.575. The first-order chi connectivity index (χ1) is 10.5. The van der Waals surface area contributed by atoms with Crippen LogP contribution in [0.15, 0.2) is 47.4 Å². The molecule has 114 valence electrons. The van der Waals surface area contributed by atoms with E-state index in [0.717, 1.165) is 17.1 Å². The zero-order valence-electron chi connectivity index (χ0n) is 11.8.